The Morgan fingerprint density at radius 1 is 1.25 bits per heavy atom. The first kappa shape index (κ1) is 15.6. The van der Waals surface area contributed by atoms with Gasteiger partial charge in [-0.05, 0) is 0 Å². The first-order valence-electron chi connectivity index (χ1n) is 6.27. The monoisotopic (exact) mass is 342 g/mol. The van der Waals surface area contributed by atoms with Gasteiger partial charge in [0.05, 0.1) is 23.6 Å². The van der Waals surface area contributed by atoms with Crippen LogP contribution >= 0.6 is 0 Å². The summed E-state index contributed by atoms with van der Waals surface area (Å²) < 4.78 is 56.3. The predicted octanol–water partition coefficient (Wildman–Crippen LogP) is 2.32. The molecule has 0 atom stereocenters. The lowest BCUT2D eigenvalue weighted by atomic mass is 10.2. The fraction of sp³-hybridized carbons (Fsp3) is 0.0769. The number of carbonyl (C=O) groups excluding carboxylic acids is 1. The molecule has 0 aliphatic heterocycles. The highest BCUT2D eigenvalue weighted by atomic mass is 19.4. The lowest BCUT2D eigenvalue weighted by Crippen LogP contribution is -2.18. The van der Waals surface area contributed by atoms with Crippen molar-refractivity contribution < 1.29 is 26.8 Å². The molecule has 2 aromatic heterocycles. The molecule has 0 unspecified atom stereocenters. The average Bonchev–Trinajstić information content (AvgIpc) is 2.86. The SMILES string of the molecule is O=C(Nc1cc2oc(=O)[nH]c2cc1F)c1cncc(C(F)(F)F)n1. The molecule has 7 nitrogen and oxygen atoms in total. The quantitative estimate of drug-likeness (QED) is 0.696. The zero-order valence-electron chi connectivity index (χ0n) is 11.4. The van der Waals surface area contributed by atoms with Gasteiger partial charge < -0.3 is 9.73 Å². The van der Waals surface area contributed by atoms with E-state index < -0.39 is 40.7 Å². The van der Waals surface area contributed by atoms with Crippen LogP contribution in [0.4, 0.5) is 23.2 Å². The van der Waals surface area contributed by atoms with E-state index in [0.29, 0.717) is 6.20 Å². The van der Waals surface area contributed by atoms with Crippen molar-refractivity contribution in [2.24, 2.45) is 0 Å². The number of aromatic amines is 1. The number of halogens is 4. The van der Waals surface area contributed by atoms with E-state index in [0.717, 1.165) is 18.3 Å². The lowest BCUT2D eigenvalue weighted by Gasteiger charge is -2.08. The van der Waals surface area contributed by atoms with Crippen molar-refractivity contribution >= 4 is 22.7 Å². The third-order valence-electron chi connectivity index (χ3n) is 2.91. The van der Waals surface area contributed by atoms with Gasteiger partial charge in [0.1, 0.15) is 11.5 Å². The third kappa shape index (κ3) is 2.95. The van der Waals surface area contributed by atoms with Gasteiger partial charge in [-0.25, -0.2) is 14.2 Å². The highest BCUT2D eigenvalue weighted by Crippen LogP contribution is 2.27. The molecule has 11 heteroatoms. The first-order chi connectivity index (χ1) is 11.2. The average molecular weight is 342 g/mol. The molecule has 124 valence electrons. The highest BCUT2D eigenvalue weighted by Gasteiger charge is 2.33. The van der Waals surface area contributed by atoms with E-state index in [-0.39, 0.29) is 11.1 Å². The molecule has 0 spiro atoms. The number of H-pyrrole nitrogens is 1. The largest absolute Gasteiger partial charge is 0.434 e. The smallest absolute Gasteiger partial charge is 0.408 e. The van der Waals surface area contributed by atoms with Gasteiger partial charge in [-0.2, -0.15) is 13.2 Å². The van der Waals surface area contributed by atoms with Crippen LogP contribution in [0.25, 0.3) is 11.1 Å². The Morgan fingerprint density at radius 3 is 2.71 bits per heavy atom. The number of nitrogens with zero attached hydrogens (tertiary/aromatic N) is 2. The first-order valence-corrected chi connectivity index (χ1v) is 6.27. The molecule has 0 radical (unpaired) electrons. The van der Waals surface area contributed by atoms with E-state index >= 15 is 0 Å². The van der Waals surface area contributed by atoms with E-state index in [2.05, 4.69) is 15.0 Å². The van der Waals surface area contributed by atoms with Gasteiger partial charge in [-0.3, -0.25) is 14.8 Å². The van der Waals surface area contributed by atoms with E-state index in [1.807, 2.05) is 5.32 Å². The number of oxazole rings is 1. The van der Waals surface area contributed by atoms with E-state index in [9.17, 15) is 27.2 Å². The topological polar surface area (TPSA) is 101 Å². The Bertz CT molecular complexity index is 993. The normalized spacial score (nSPS) is 11.7. The third-order valence-corrected chi connectivity index (χ3v) is 2.91. The van der Waals surface area contributed by atoms with Crippen LogP contribution in [0.2, 0.25) is 0 Å². The number of anilines is 1. The van der Waals surface area contributed by atoms with Gasteiger partial charge in [0.2, 0.25) is 0 Å². The Balaban J connectivity index is 1.92. The molecule has 3 rings (SSSR count). The molecule has 3 aromatic rings. The van der Waals surface area contributed by atoms with Crippen molar-refractivity contribution in [1.82, 2.24) is 15.0 Å². The zero-order chi connectivity index (χ0) is 17.5. The molecule has 1 amide bonds. The fourth-order valence-electron chi connectivity index (χ4n) is 1.86. The molecule has 2 heterocycles. The highest BCUT2D eigenvalue weighted by molar-refractivity contribution is 6.03. The lowest BCUT2D eigenvalue weighted by molar-refractivity contribution is -0.141. The fourth-order valence-corrected chi connectivity index (χ4v) is 1.86. The maximum absolute atomic E-state index is 13.9. The summed E-state index contributed by atoms with van der Waals surface area (Å²) in [6.07, 6.45) is -3.52. The van der Waals surface area contributed by atoms with Gasteiger partial charge in [0.15, 0.2) is 11.3 Å². The van der Waals surface area contributed by atoms with Crippen LogP contribution in [0.1, 0.15) is 16.2 Å². The minimum absolute atomic E-state index is 0.0353. The van der Waals surface area contributed by atoms with E-state index in [1.54, 1.807) is 0 Å². The van der Waals surface area contributed by atoms with Crippen LogP contribution in [0.5, 0.6) is 0 Å². The number of amides is 1. The number of benzene rings is 1. The second-order valence-electron chi connectivity index (χ2n) is 4.58. The number of alkyl halides is 3. The van der Waals surface area contributed by atoms with Crippen LogP contribution in [0.3, 0.4) is 0 Å². The summed E-state index contributed by atoms with van der Waals surface area (Å²) in [5, 5.41) is 2.05. The molecular weight excluding hydrogens is 336 g/mol. The van der Waals surface area contributed by atoms with Crippen molar-refractivity contribution in [3.05, 3.63) is 52.3 Å². The Hall–Kier alpha value is -3.24. The summed E-state index contributed by atoms with van der Waals surface area (Å²) in [4.78, 5) is 31.6. The summed E-state index contributed by atoms with van der Waals surface area (Å²) in [7, 11) is 0. The second-order valence-corrected chi connectivity index (χ2v) is 4.58. The van der Waals surface area contributed by atoms with Crippen molar-refractivity contribution in [3.63, 3.8) is 0 Å². The Kier molecular flexibility index (Phi) is 3.55. The molecule has 0 aliphatic carbocycles. The molecule has 0 saturated carbocycles. The van der Waals surface area contributed by atoms with Gasteiger partial charge in [-0.15, -0.1) is 0 Å². The van der Waals surface area contributed by atoms with Gasteiger partial charge in [-0.1, -0.05) is 0 Å². The summed E-state index contributed by atoms with van der Waals surface area (Å²) in [6, 6.07) is 1.91. The van der Waals surface area contributed by atoms with Crippen LogP contribution in [-0.2, 0) is 6.18 Å². The molecule has 0 fully saturated rings. The summed E-state index contributed by atoms with van der Waals surface area (Å²) in [6.45, 7) is 0. The molecular formula is C13H6F4N4O3. The van der Waals surface area contributed by atoms with E-state index in [4.69, 9.17) is 4.42 Å². The van der Waals surface area contributed by atoms with Gasteiger partial charge in [0, 0.05) is 12.1 Å². The second kappa shape index (κ2) is 5.44. The van der Waals surface area contributed by atoms with E-state index in [1.165, 1.54) is 0 Å². The van der Waals surface area contributed by atoms with Crippen molar-refractivity contribution in [1.29, 1.82) is 0 Å². The number of nitrogens with one attached hydrogen (secondary N) is 2. The molecule has 0 bridgehead atoms. The van der Waals surface area contributed by atoms with Gasteiger partial charge >= 0.3 is 11.9 Å². The molecule has 0 aliphatic rings. The predicted molar refractivity (Wildman–Crippen MR) is 71.8 cm³/mol. The number of carbonyl (C=O) groups is 1. The molecule has 24 heavy (non-hydrogen) atoms. The number of rotatable bonds is 2. The summed E-state index contributed by atoms with van der Waals surface area (Å²) in [5.74, 6) is -2.85. The van der Waals surface area contributed by atoms with Crippen molar-refractivity contribution in [2.75, 3.05) is 5.32 Å². The Morgan fingerprint density at radius 2 is 2.00 bits per heavy atom. The number of hydrogen-bond acceptors (Lipinski definition) is 5. The van der Waals surface area contributed by atoms with Crippen LogP contribution in [-0.4, -0.2) is 20.9 Å². The molecule has 0 saturated heterocycles. The maximum Gasteiger partial charge on any atom is 0.434 e. The number of hydrogen-bond donors (Lipinski definition) is 2. The number of aromatic nitrogens is 3. The standard InChI is InChI=1S/C13H6F4N4O3/c14-5-1-7-9(24-12(23)21-7)2-6(5)20-11(22)8-3-18-4-10(19-8)13(15,16)17/h1-4H,(H,20,22)(H,21,23). The van der Waals surface area contributed by atoms with Crippen LogP contribution in [0, 0.1) is 5.82 Å². The van der Waals surface area contributed by atoms with Crippen molar-refractivity contribution in [2.45, 2.75) is 6.18 Å². The maximum atomic E-state index is 13.9. The minimum Gasteiger partial charge on any atom is -0.408 e. The van der Waals surface area contributed by atoms with Gasteiger partial charge in [0.25, 0.3) is 5.91 Å². The molecule has 1 aromatic carbocycles. The Labute approximate surface area is 129 Å². The number of fused-ring (bicyclic) bond motifs is 1. The minimum atomic E-state index is -4.78. The zero-order valence-corrected chi connectivity index (χ0v) is 11.4. The van der Waals surface area contributed by atoms with Crippen LogP contribution in [0.15, 0.2) is 33.7 Å². The summed E-state index contributed by atoms with van der Waals surface area (Å²) in [5.41, 5.74) is -2.38. The molecule has 2 N–H and O–H groups in total. The van der Waals surface area contributed by atoms with Crippen LogP contribution < -0.4 is 11.1 Å². The van der Waals surface area contributed by atoms with Crippen molar-refractivity contribution in [3.8, 4) is 0 Å². The summed E-state index contributed by atoms with van der Waals surface area (Å²) >= 11 is 0.